The van der Waals surface area contributed by atoms with Gasteiger partial charge in [0.15, 0.2) is 0 Å². The number of carbonyl (C=O) groups is 2. The molecule has 7 nitrogen and oxygen atoms in total. The molecule has 0 spiro atoms. The van der Waals surface area contributed by atoms with E-state index in [2.05, 4.69) is 14.5 Å². The summed E-state index contributed by atoms with van der Waals surface area (Å²) in [4.78, 5) is 26.7. The van der Waals surface area contributed by atoms with E-state index in [9.17, 15) is 14.7 Å². The van der Waals surface area contributed by atoms with E-state index in [-0.39, 0.29) is 22.5 Å². The molecule has 0 saturated heterocycles. The Morgan fingerprint density at radius 3 is 2.56 bits per heavy atom. The molecule has 4 rings (SSSR count). The largest absolute Gasteiger partial charge is 0.397 e. The van der Waals surface area contributed by atoms with Gasteiger partial charge in [0.25, 0.3) is 0 Å². The number of hydrogen-bond acceptors (Lipinski definition) is 7. The van der Waals surface area contributed by atoms with Crippen LogP contribution in [0.15, 0.2) is 6.07 Å². The number of aliphatic hydroxyl groups is 2. The van der Waals surface area contributed by atoms with E-state index in [0.29, 0.717) is 0 Å². The third-order valence-electron chi connectivity index (χ3n) is 2.45. The maximum atomic E-state index is 11.5. The van der Waals surface area contributed by atoms with Gasteiger partial charge in [0.05, 0.1) is 22.5 Å². The van der Waals surface area contributed by atoms with E-state index in [0.717, 1.165) is 0 Å². The van der Waals surface area contributed by atoms with Crippen molar-refractivity contribution in [1.29, 1.82) is 0 Å². The summed E-state index contributed by atoms with van der Waals surface area (Å²) in [5.41, 5.74) is 0.161. The van der Waals surface area contributed by atoms with Crippen LogP contribution < -0.4 is 0 Å². The van der Waals surface area contributed by atoms with E-state index >= 15 is 0 Å². The van der Waals surface area contributed by atoms with Crippen LogP contribution in [0.25, 0.3) is 0 Å². The highest BCUT2D eigenvalue weighted by Crippen LogP contribution is 2.36. The van der Waals surface area contributed by atoms with E-state index in [4.69, 9.17) is 5.11 Å². The Bertz CT molecular complexity index is 525. The third kappa shape index (κ3) is 1.01. The number of pyridine rings is 1. The van der Waals surface area contributed by atoms with E-state index in [1.165, 1.54) is 6.07 Å². The van der Waals surface area contributed by atoms with Gasteiger partial charge in [-0.1, -0.05) is 0 Å². The second-order valence-corrected chi connectivity index (χ2v) is 3.38. The van der Waals surface area contributed by atoms with Gasteiger partial charge in [0.1, 0.15) is 6.10 Å². The van der Waals surface area contributed by atoms with Crippen LogP contribution in [0.5, 0.6) is 0 Å². The SMILES string of the molecule is O=C1OC(O)OC(=O)c2c1cc1nc2C1O. The second-order valence-electron chi connectivity index (χ2n) is 3.38. The van der Waals surface area contributed by atoms with Crippen molar-refractivity contribution in [2.24, 2.45) is 0 Å². The zero-order valence-electron chi connectivity index (χ0n) is 7.71. The first-order valence-corrected chi connectivity index (χ1v) is 4.41. The van der Waals surface area contributed by atoms with Crippen molar-refractivity contribution in [2.75, 3.05) is 0 Å². The first kappa shape index (κ1) is 9.25. The van der Waals surface area contributed by atoms with Crippen molar-refractivity contribution in [2.45, 2.75) is 12.6 Å². The summed E-state index contributed by atoms with van der Waals surface area (Å²) >= 11 is 0. The molecule has 1 aliphatic carbocycles. The van der Waals surface area contributed by atoms with Crippen LogP contribution in [-0.4, -0.2) is 33.6 Å². The fourth-order valence-corrected chi connectivity index (χ4v) is 1.70. The molecule has 0 fully saturated rings. The molecule has 2 bridgehead atoms. The van der Waals surface area contributed by atoms with Crippen molar-refractivity contribution in [3.8, 4) is 0 Å². The smallest absolute Gasteiger partial charge is 0.363 e. The number of nitrogens with zero attached hydrogens (tertiary/aromatic N) is 1. The molecule has 16 heavy (non-hydrogen) atoms. The molecule has 2 unspecified atom stereocenters. The molecule has 0 aromatic carbocycles. The molecule has 0 saturated carbocycles. The average Bonchev–Trinajstić information content (AvgIpc) is 2.36. The minimum absolute atomic E-state index is 0.0492. The van der Waals surface area contributed by atoms with Crippen LogP contribution in [0.2, 0.25) is 0 Å². The number of aliphatic hydroxyl groups excluding tert-OH is 2. The molecule has 82 valence electrons. The highest BCUT2D eigenvalue weighted by atomic mass is 16.8. The standard InChI is InChI=1S/C9H5NO6/c11-6-3-1-2-4(5(6)10-3)8(13)16-9(14)15-7(2)12/h1,6,9,11,14H. The molecular formula is C9H5NO6. The topological polar surface area (TPSA) is 106 Å². The molecular weight excluding hydrogens is 218 g/mol. The summed E-state index contributed by atoms with van der Waals surface area (Å²) in [6, 6.07) is 1.24. The number of carbonyl (C=O) groups excluding carboxylic acids is 2. The predicted octanol–water partition coefficient (Wildman–Crippen LogP) is -0.920. The molecule has 2 N–H and O–H groups in total. The molecule has 0 amide bonds. The van der Waals surface area contributed by atoms with Gasteiger partial charge in [0, 0.05) is 0 Å². The Hall–Kier alpha value is -1.99. The molecule has 7 heteroatoms. The first-order valence-electron chi connectivity index (χ1n) is 4.41. The Kier molecular flexibility index (Phi) is 1.60. The number of rotatable bonds is 0. The van der Waals surface area contributed by atoms with Crippen LogP contribution >= 0.6 is 0 Å². The zero-order chi connectivity index (χ0) is 11.4. The molecule has 2 aliphatic heterocycles. The Morgan fingerprint density at radius 2 is 1.88 bits per heavy atom. The maximum Gasteiger partial charge on any atom is 0.363 e. The van der Waals surface area contributed by atoms with Gasteiger partial charge in [-0.15, -0.1) is 0 Å². The third-order valence-corrected chi connectivity index (χ3v) is 2.45. The van der Waals surface area contributed by atoms with Crippen molar-refractivity contribution in [3.63, 3.8) is 0 Å². The number of ether oxygens (including phenoxy) is 2. The lowest BCUT2D eigenvalue weighted by Crippen LogP contribution is -2.25. The van der Waals surface area contributed by atoms with Crippen LogP contribution in [0, 0.1) is 0 Å². The lowest BCUT2D eigenvalue weighted by atomic mass is 9.92. The highest BCUT2D eigenvalue weighted by Gasteiger charge is 2.40. The molecule has 1 aromatic heterocycles. The zero-order valence-corrected chi connectivity index (χ0v) is 7.71. The predicted molar refractivity (Wildman–Crippen MR) is 45.1 cm³/mol. The molecule has 2 atom stereocenters. The summed E-state index contributed by atoms with van der Waals surface area (Å²) in [6.45, 7) is -1.93. The van der Waals surface area contributed by atoms with Crippen LogP contribution in [0.3, 0.4) is 0 Å². The van der Waals surface area contributed by atoms with Gasteiger partial charge in [-0.05, 0) is 6.07 Å². The van der Waals surface area contributed by atoms with Gasteiger partial charge in [0.2, 0.25) is 0 Å². The van der Waals surface area contributed by atoms with Gasteiger partial charge < -0.3 is 19.7 Å². The number of hydrogen-bond donors (Lipinski definition) is 2. The number of esters is 2. The Labute approximate surface area is 88.2 Å². The monoisotopic (exact) mass is 223 g/mol. The van der Waals surface area contributed by atoms with Crippen LogP contribution in [0.4, 0.5) is 0 Å². The summed E-state index contributed by atoms with van der Waals surface area (Å²) in [6.07, 6.45) is -0.977. The Balaban J connectivity index is 2.21. The lowest BCUT2D eigenvalue weighted by molar-refractivity contribution is -0.199. The number of aromatic nitrogens is 1. The molecule has 1 aromatic rings. The highest BCUT2D eigenvalue weighted by molar-refractivity contribution is 6.05. The van der Waals surface area contributed by atoms with E-state index in [1.54, 1.807) is 0 Å². The summed E-state index contributed by atoms with van der Waals surface area (Å²) < 4.78 is 8.78. The van der Waals surface area contributed by atoms with Crippen molar-refractivity contribution >= 4 is 11.9 Å². The van der Waals surface area contributed by atoms with Crippen LogP contribution in [-0.2, 0) is 9.47 Å². The molecule has 3 heterocycles. The van der Waals surface area contributed by atoms with Crippen molar-refractivity contribution in [1.82, 2.24) is 4.98 Å². The van der Waals surface area contributed by atoms with Gasteiger partial charge in [-0.2, -0.15) is 0 Å². The van der Waals surface area contributed by atoms with Crippen molar-refractivity contribution in [3.05, 3.63) is 28.6 Å². The lowest BCUT2D eigenvalue weighted by Gasteiger charge is -2.23. The molecule has 0 radical (unpaired) electrons. The number of cyclic esters (lactones) is 2. The normalized spacial score (nSPS) is 26.1. The van der Waals surface area contributed by atoms with E-state index < -0.39 is 24.5 Å². The van der Waals surface area contributed by atoms with Crippen LogP contribution in [0.1, 0.15) is 38.2 Å². The Morgan fingerprint density at radius 1 is 1.19 bits per heavy atom. The van der Waals surface area contributed by atoms with Gasteiger partial charge in [-0.25, -0.2) is 9.59 Å². The summed E-state index contributed by atoms with van der Waals surface area (Å²) in [5, 5.41) is 18.5. The summed E-state index contributed by atoms with van der Waals surface area (Å²) in [5.74, 6) is -1.83. The minimum atomic E-state index is -1.93. The minimum Gasteiger partial charge on any atom is -0.397 e. The van der Waals surface area contributed by atoms with Gasteiger partial charge >= 0.3 is 18.4 Å². The van der Waals surface area contributed by atoms with Crippen molar-refractivity contribution < 1.29 is 29.3 Å². The van der Waals surface area contributed by atoms with Gasteiger partial charge in [-0.3, -0.25) is 4.98 Å². The first-order chi connectivity index (χ1) is 7.58. The fraction of sp³-hybridized carbons (Fsp3) is 0.222. The fourth-order valence-electron chi connectivity index (χ4n) is 1.70. The quantitative estimate of drug-likeness (QED) is 0.548. The van der Waals surface area contributed by atoms with E-state index in [1.807, 2.05) is 0 Å². The maximum absolute atomic E-state index is 11.5. The second kappa shape index (κ2) is 2.77. The summed E-state index contributed by atoms with van der Waals surface area (Å²) in [7, 11) is 0. The molecule has 3 aliphatic rings. The average molecular weight is 223 g/mol.